The van der Waals surface area contributed by atoms with Crippen LogP contribution in [0.2, 0.25) is 5.15 Å². The van der Waals surface area contributed by atoms with Crippen LogP contribution in [-0.2, 0) is 14.6 Å². The van der Waals surface area contributed by atoms with Gasteiger partial charge >= 0.3 is 0 Å². The number of carbonyl (C=O) groups excluding carboxylic acids is 1. The summed E-state index contributed by atoms with van der Waals surface area (Å²) in [5.41, 5.74) is 2.20. The second-order valence-corrected chi connectivity index (χ2v) is 8.67. The third-order valence-corrected chi connectivity index (χ3v) is 5.56. The van der Waals surface area contributed by atoms with Crippen molar-refractivity contribution < 1.29 is 17.6 Å². The van der Waals surface area contributed by atoms with Crippen LogP contribution in [0, 0.1) is 12.7 Å². The first-order valence-electron chi connectivity index (χ1n) is 8.45. The van der Waals surface area contributed by atoms with E-state index in [0.717, 1.165) is 6.26 Å². The van der Waals surface area contributed by atoms with Gasteiger partial charge in [0.25, 0.3) is 0 Å². The van der Waals surface area contributed by atoms with Crippen molar-refractivity contribution >= 4 is 39.1 Å². The van der Waals surface area contributed by atoms with Crippen molar-refractivity contribution in [1.29, 1.82) is 0 Å². The standard InChI is InChI=1S/C20H17ClFN3O3S/c1-13-18(20(21)25(24-13)16-7-3-14(22)4-8-16)11-12-19(26)23-15-5-9-17(10-6-15)29(2,27)28/h3-12H,1-2H3,(H,23,26)/b12-11+. The topological polar surface area (TPSA) is 81.1 Å². The predicted molar refractivity (Wildman–Crippen MR) is 110 cm³/mol. The lowest BCUT2D eigenvalue weighted by Crippen LogP contribution is -2.08. The van der Waals surface area contributed by atoms with E-state index in [1.165, 1.54) is 53.2 Å². The van der Waals surface area contributed by atoms with E-state index < -0.39 is 15.7 Å². The summed E-state index contributed by atoms with van der Waals surface area (Å²) in [5.74, 6) is -0.780. The van der Waals surface area contributed by atoms with Gasteiger partial charge in [0.05, 0.1) is 16.3 Å². The second-order valence-electron chi connectivity index (χ2n) is 6.30. The van der Waals surface area contributed by atoms with E-state index in [1.54, 1.807) is 19.1 Å². The maximum Gasteiger partial charge on any atom is 0.248 e. The number of anilines is 1. The van der Waals surface area contributed by atoms with E-state index in [9.17, 15) is 17.6 Å². The number of benzene rings is 2. The maximum atomic E-state index is 13.1. The monoisotopic (exact) mass is 433 g/mol. The molecule has 29 heavy (non-hydrogen) atoms. The molecule has 0 radical (unpaired) electrons. The fraction of sp³-hybridized carbons (Fsp3) is 0.100. The summed E-state index contributed by atoms with van der Waals surface area (Å²) < 4.78 is 37.5. The van der Waals surface area contributed by atoms with Gasteiger partial charge in [0.15, 0.2) is 9.84 Å². The third kappa shape index (κ3) is 4.90. The SMILES string of the molecule is Cc1nn(-c2ccc(F)cc2)c(Cl)c1/C=C/C(=O)Nc1ccc(S(C)(=O)=O)cc1. The molecule has 3 rings (SSSR count). The van der Waals surface area contributed by atoms with Crippen molar-refractivity contribution in [2.45, 2.75) is 11.8 Å². The first-order chi connectivity index (χ1) is 13.6. The molecule has 1 amide bonds. The van der Waals surface area contributed by atoms with Crippen LogP contribution >= 0.6 is 11.6 Å². The van der Waals surface area contributed by atoms with Gasteiger partial charge in [0.2, 0.25) is 5.91 Å². The summed E-state index contributed by atoms with van der Waals surface area (Å²) in [7, 11) is -3.30. The molecule has 0 aliphatic rings. The zero-order chi connectivity index (χ0) is 21.2. The fourth-order valence-electron chi connectivity index (χ4n) is 2.58. The quantitative estimate of drug-likeness (QED) is 0.616. The molecule has 0 saturated heterocycles. The number of amides is 1. The Bertz CT molecular complexity index is 1180. The molecule has 2 aromatic carbocycles. The van der Waals surface area contributed by atoms with Gasteiger partial charge in [-0.25, -0.2) is 17.5 Å². The normalized spacial score (nSPS) is 11.7. The van der Waals surface area contributed by atoms with Gasteiger partial charge in [-0.15, -0.1) is 0 Å². The van der Waals surface area contributed by atoms with Crippen LogP contribution in [0.25, 0.3) is 11.8 Å². The molecule has 1 heterocycles. The van der Waals surface area contributed by atoms with Crippen molar-refractivity contribution in [3.63, 3.8) is 0 Å². The average molecular weight is 434 g/mol. The van der Waals surface area contributed by atoms with Crippen LogP contribution in [0.4, 0.5) is 10.1 Å². The molecule has 150 valence electrons. The van der Waals surface area contributed by atoms with Crippen LogP contribution in [0.3, 0.4) is 0 Å². The zero-order valence-electron chi connectivity index (χ0n) is 15.6. The molecule has 0 aliphatic heterocycles. The number of nitrogens with zero attached hydrogens (tertiary/aromatic N) is 2. The number of halogens is 2. The summed E-state index contributed by atoms with van der Waals surface area (Å²) in [5, 5.41) is 7.26. The molecule has 0 bridgehead atoms. The molecule has 1 aromatic heterocycles. The van der Waals surface area contributed by atoms with Gasteiger partial charge in [0, 0.05) is 23.6 Å². The van der Waals surface area contributed by atoms with Crippen LogP contribution in [0.1, 0.15) is 11.3 Å². The molecule has 0 saturated carbocycles. The fourth-order valence-corrected chi connectivity index (χ4v) is 3.55. The van der Waals surface area contributed by atoms with Crippen molar-refractivity contribution in [2.24, 2.45) is 0 Å². The Morgan fingerprint density at radius 3 is 2.34 bits per heavy atom. The van der Waals surface area contributed by atoms with Crippen LogP contribution < -0.4 is 5.32 Å². The van der Waals surface area contributed by atoms with Crippen LogP contribution in [0.15, 0.2) is 59.5 Å². The summed E-state index contributed by atoms with van der Waals surface area (Å²) in [6.45, 7) is 1.74. The highest BCUT2D eigenvalue weighted by Gasteiger charge is 2.13. The summed E-state index contributed by atoms with van der Waals surface area (Å²) in [6, 6.07) is 11.6. The Hall–Kier alpha value is -2.97. The number of aryl methyl sites for hydroxylation is 1. The minimum Gasteiger partial charge on any atom is -0.323 e. The second kappa shape index (κ2) is 8.18. The number of hydrogen-bond donors (Lipinski definition) is 1. The van der Waals surface area contributed by atoms with E-state index in [4.69, 9.17) is 11.6 Å². The van der Waals surface area contributed by atoms with Gasteiger partial charge in [0.1, 0.15) is 11.0 Å². The van der Waals surface area contributed by atoms with E-state index >= 15 is 0 Å². The minimum atomic E-state index is -3.30. The van der Waals surface area contributed by atoms with Crippen LogP contribution in [0.5, 0.6) is 0 Å². The number of sulfone groups is 1. The zero-order valence-corrected chi connectivity index (χ0v) is 17.1. The van der Waals surface area contributed by atoms with Gasteiger partial charge < -0.3 is 5.32 Å². The van der Waals surface area contributed by atoms with Gasteiger partial charge in [-0.3, -0.25) is 4.79 Å². The van der Waals surface area contributed by atoms with Gasteiger partial charge in [-0.1, -0.05) is 11.6 Å². The molecule has 0 unspecified atom stereocenters. The van der Waals surface area contributed by atoms with Crippen LogP contribution in [-0.4, -0.2) is 30.4 Å². The summed E-state index contributed by atoms with van der Waals surface area (Å²) >= 11 is 6.37. The average Bonchev–Trinajstić information content (AvgIpc) is 2.94. The Morgan fingerprint density at radius 2 is 1.76 bits per heavy atom. The molecule has 0 atom stereocenters. The number of rotatable bonds is 5. The largest absolute Gasteiger partial charge is 0.323 e. The molecule has 0 aliphatic carbocycles. The van der Waals surface area contributed by atoms with E-state index in [0.29, 0.717) is 22.6 Å². The smallest absolute Gasteiger partial charge is 0.248 e. The minimum absolute atomic E-state index is 0.168. The van der Waals surface area contributed by atoms with E-state index in [-0.39, 0.29) is 15.9 Å². The number of nitrogens with one attached hydrogen (secondary N) is 1. The summed E-state index contributed by atoms with van der Waals surface area (Å²) in [6.07, 6.45) is 3.95. The van der Waals surface area contributed by atoms with E-state index in [2.05, 4.69) is 10.4 Å². The molecular weight excluding hydrogens is 417 g/mol. The lowest BCUT2D eigenvalue weighted by Gasteiger charge is -2.04. The molecule has 9 heteroatoms. The Kier molecular flexibility index (Phi) is 5.86. The molecule has 0 fully saturated rings. The van der Waals surface area contributed by atoms with Crippen molar-refractivity contribution in [2.75, 3.05) is 11.6 Å². The number of aromatic nitrogens is 2. The first-order valence-corrected chi connectivity index (χ1v) is 10.7. The molecule has 3 aromatic rings. The lowest BCUT2D eigenvalue weighted by atomic mass is 10.2. The molecule has 0 spiro atoms. The predicted octanol–water partition coefficient (Wildman–Crippen LogP) is 4.03. The van der Waals surface area contributed by atoms with Crippen molar-refractivity contribution in [3.8, 4) is 5.69 Å². The van der Waals surface area contributed by atoms with E-state index in [1.807, 2.05) is 0 Å². The lowest BCUT2D eigenvalue weighted by molar-refractivity contribution is -0.111. The first kappa shape index (κ1) is 20.8. The number of hydrogen-bond acceptors (Lipinski definition) is 4. The number of carbonyl (C=O) groups is 1. The van der Waals surface area contributed by atoms with Crippen molar-refractivity contribution in [1.82, 2.24) is 9.78 Å². The third-order valence-electron chi connectivity index (χ3n) is 4.07. The molecule has 6 nitrogen and oxygen atoms in total. The Balaban J connectivity index is 1.76. The van der Waals surface area contributed by atoms with Crippen molar-refractivity contribution in [3.05, 3.63) is 76.8 Å². The Morgan fingerprint density at radius 1 is 1.14 bits per heavy atom. The van der Waals surface area contributed by atoms with Gasteiger partial charge in [-0.05, 0) is 61.5 Å². The highest BCUT2D eigenvalue weighted by atomic mass is 35.5. The Labute approximate surface area is 172 Å². The molecule has 1 N–H and O–H groups in total. The van der Waals surface area contributed by atoms with Gasteiger partial charge in [-0.2, -0.15) is 5.10 Å². The molecular formula is C20H17ClFN3O3S. The summed E-state index contributed by atoms with van der Waals surface area (Å²) in [4.78, 5) is 12.3. The highest BCUT2D eigenvalue weighted by molar-refractivity contribution is 7.90. The highest BCUT2D eigenvalue weighted by Crippen LogP contribution is 2.25. The maximum absolute atomic E-state index is 13.1.